The first-order chi connectivity index (χ1) is 11.7. The summed E-state index contributed by atoms with van der Waals surface area (Å²) in [7, 11) is 1.71. The fraction of sp³-hybridized carbons (Fsp3) is 0.588. The summed E-state index contributed by atoms with van der Waals surface area (Å²) in [6.45, 7) is 1.86. The van der Waals surface area contributed by atoms with Gasteiger partial charge < -0.3 is 10.2 Å². The summed E-state index contributed by atoms with van der Waals surface area (Å²) in [5, 5.41) is 9.02. The Morgan fingerprint density at radius 2 is 2.21 bits per heavy atom. The summed E-state index contributed by atoms with van der Waals surface area (Å²) in [4.78, 5) is 20.1. The van der Waals surface area contributed by atoms with Gasteiger partial charge in [0.25, 0.3) is 5.56 Å². The molecule has 3 heterocycles. The van der Waals surface area contributed by atoms with Crippen molar-refractivity contribution in [3.63, 3.8) is 0 Å². The molecule has 2 aliphatic rings. The molecule has 2 aromatic rings. The highest BCUT2D eigenvalue weighted by Gasteiger charge is 2.25. The Balaban J connectivity index is 1.47. The van der Waals surface area contributed by atoms with E-state index >= 15 is 0 Å². The standard InChI is InChI=1S/C17H23N5OS/c1-21-16(23)9-8-15(20-21)22-10-3-2-5-12(22)11-18-17-19-13-6-4-7-14(13)24-17/h8-9,12H,2-7,10-11H2,1H3,(H,18,19). The molecular formula is C17H23N5OS. The molecule has 1 aliphatic carbocycles. The lowest BCUT2D eigenvalue weighted by Crippen LogP contribution is -2.44. The van der Waals surface area contributed by atoms with Crippen molar-refractivity contribution in [2.75, 3.05) is 23.3 Å². The monoisotopic (exact) mass is 345 g/mol. The van der Waals surface area contributed by atoms with Gasteiger partial charge in [-0.3, -0.25) is 4.79 Å². The van der Waals surface area contributed by atoms with Crippen molar-refractivity contribution in [3.8, 4) is 0 Å². The predicted octanol–water partition coefficient (Wildman–Crippen LogP) is 2.20. The van der Waals surface area contributed by atoms with Crippen LogP contribution in [0.3, 0.4) is 0 Å². The maximum Gasteiger partial charge on any atom is 0.266 e. The van der Waals surface area contributed by atoms with Crippen LogP contribution >= 0.6 is 11.3 Å². The second-order valence-corrected chi connectivity index (χ2v) is 7.70. The quantitative estimate of drug-likeness (QED) is 0.920. The lowest BCUT2D eigenvalue weighted by Gasteiger charge is -2.36. The SMILES string of the molecule is Cn1nc(N2CCCCC2CNc2nc3c(s2)CCC3)ccc1=O. The van der Waals surface area contributed by atoms with Crippen molar-refractivity contribution in [3.05, 3.63) is 33.1 Å². The predicted molar refractivity (Wildman–Crippen MR) is 97.1 cm³/mol. The van der Waals surface area contributed by atoms with E-state index in [0.717, 1.165) is 36.9 Å². The van der Waals surface area contributed by atoms with E-state index in [1.54, 1.807) is 13.1 Å². The molecule has 1 atom stereocenters. The highest BCUT2D eigenvalue weighted by atomic mass is 32.1. The van der Waals surface area contributed by atoms with E-state index in [1.165, 1.54) is 40.9 Å². The number of hydrogen-bond donors (Lipinski definition) is 1. The van der Waals surface area contributed by atoms with Crippen LogP contribution in [0.15, 0.2) is 16.9 Å². The maximum atomic E-state index is 11.6. The Labute approximate surface area is 145 Å². The average Bonchev–Trinajstić information content (AvgIpc) is 3.17. The van der Waals surface area contributed by atoms with Gasteiger partial charge in [-0.2, -0.15) is 5.10 Å². The van der Waals surface area contributed by atoms with E-state index in [4.69, 9.17) is 4.98 Å². The van der Waals surface area contributed by atoms with Gasteiger partial charge in [0.05, 0.1) is 5.69 Å². The van der Waals surface area contributed by atoms with Gasteiger partial charge in [-0.15, -0.1) is 11.3 Å². The van der Waals surface area contributed by atoms with Crippen LogP contribution in [-0.2, 0) is 19.9 Å². The number of aryl methyl sites for hydroxylation is 3. The molecule has 1 unspecified atom stereocenters. The topological polar surface area (TPSA) is 63.1 Å². The summed E-state index contributed by atoms with van der Waals surface area (Å²) < 4.78 is 1.42. The number of rotatable bonds is 4. The minimum absolute atomic E-state index is 0.0669. The Hall–Kier alpha value is -1.89. The lowest BCUT2D eigenvalue weighted by atomic mass is 10.0. The van der Waals surface area contributed by atoms with Crippen LogP contribution in [0.2, 0.25) is 0 Å². The second-order valence-electron chi connectivity index (χ2n) is 6.62. The van der Waals surface area contributed by atoms with E-state index in [1.807, 2.05) is 17.4 Å². The largest absolute Gasteiger partial charge is 0.359 e. The average molecular weight is 345 g/mol. The van der Waals surface area contributed by atoms with E-state index in [-0.39, 0.29) is 5.56 Å². The minimum Gasteiger partial charge on any atom is -0.359 e. The van der Waals surface area contributed by atoms with Crippen molar-refractivity contribution in [2.45, 2.75) is 44.6 Å². The van der Waals surface area contributed by atoms with Crippen molar-refractivity contribution in [1.82, 2.24) is 14.8 Å². The molecule has 0 saturated carbocycles. The number of aromatic nitrogens is 3. The molecule has 1 saturated heterocycles. The van der Waals surface area contributed by atoms with E-state index in [9.17, 15) is 4.79 Å². The minimum atomic E-state index is -0.0669. The molecule has 1 fully saturated rings. The third-order valence-corrected chi connectivity index (χ3v) is 6.07. The van der Waals surface area contributed by atoms with Crippen molar-refractivity contribution in [2.24, 2.45) is 7.05 Å². The second kappa shape index (κ2) is 6.55. The van der Waals surface area contributed by atoms with Crippen LogP contribution in [0, 0.1) is 0 Å². The molecule has 24 heavy (non-hydrogen) atoms. The number of thiazole rings is 1. The summed E-state index contributed by atoms with van der Waals surface area (Å²) in [6, 6.07) is 3.84. The van der Waals surface area contributed by atoms with E-state index in [2.05, 4.69) is 15.3 Å². The molecule has 0 bridgehead atoms. The van der Waals surface area contributed by atoms with Crippen LogP contribution in [0.5, 0.6) is 0 Å². The zero-order valence-electron chi connectivity index (χ0n) is 14.0. The number of hydrogen-bond acceptors (Lipinski definition) is 6. The molecule has 6 nitrogen and oxygen atoms in total. The number of piperidine rings is 1. The maximum absolute atomic E-state index is 11.6. The summed E-state index contributed by atoms with van der Waals surface area (Å²) in [5.41, 5.74) is 1.23. The third-order valence-electron chi connectivity index (χ3n) is 4.95. The molecule has 4 rings (SSSR count). The molecule has 0 aromatic carbocycles. The van der Waals surface area contributed by atoms with E-state index < -0.39 is 0 Å². The number of nitrogens with zero attached hydrogens (tertiary/aromatic N) is 4. The Morgan fingerprint density at radius 3 is 3.04 bits per heavy atom. The van der Waals surface area contributed by atoms with Gasteiger partial charge in [-0.1, -0.05) is 0 Å². The number of nitrogens with one attached hydrogen (secondary N) is 1. The first-order valence-corrected chi connectivity index (χ1v) is 9.56. The molecular weight excluding hydrogens is 322 g/mol. The van der Waals surface area contributed by atoms with Crippen molar-refractivity contribution < 1.29 is 0 Å². The molecule has 128 valence electrons. The van der Waals surface area contributed by atoms with Gasteiger partial charge in [-0.25, -0.2) is 9.67 Å². The molecule has 0 radical (unpaired) electrons. The molecule has 2 aromatic heterocycles. The highest BCUT2D eigenvalue weighted by Crippen LogP contribution is 2.31. The molecule has 0 amide bonds. The van der Waals surface area contributed by atoms with E-state index in [0.29, 0.717) is 6.04 Å². The Kier molecular flexibility index (Phi) is 4.26. The van der Waals surface area contributed by atoms with Crippen LogP contribution in [0.4, 0.5) is 10.9 Å². The van der Waals surface area contributed by atoms with Gasteiger partial charge in [0.2, 0.25) is 0 Å². The Bertz CT molecular complexity index is 762. The fourth-order valence-corrected chi connectivity index (χ4v) is 4.69. The van der Waals surface area contributed by atoms with Gasteiger partial charge in [0.15, 0.2) is 5.13 Å². The highest BCUT2D eigenvalue weighted by molar-refractivity contribution is 7.15. The van der Waals surface area contributed by atoms with Gasteiger partial charge in [-0.05, 0) is 44.6 Å². The molecule has 1 N–H and O–H groups in total. The normalized spacial score (nSPS) is 20.2. The van der Waals surface area contributed by atoms with Crippen molar-refractivity contribution >= 4 is 22.3 Å². The molecule has 7 heteroatoms. The van der Waals surface area contributed by atoms with Gasteiger partial charge in [0, 0.05) is 37.1 Å². The first kappa shape index (κ1) is 15.6. The first-order valence-electron chi connectivity index (χ1n) is 8.74. The smallest absolute Gasteiger partial charge is 0.266 e. The Morgan fingerprint density at radius 1 is 1.29 bits per heavy atom. The van der Waals surface area contributed by atoms with Crippen LogP contribution in [-0.4, -0.2) is 33.9 Å². The zero-order valence-corrected chi connectivity index (χ0v) is 14.8. The van der Waals surface area contributed by atoms with Gasteiger partial charge >= 0.3 is 0 Å². The number of anilines is 2. The summed E-state index contributed by atoms with van der Waals surface area (Å²) >= 11 is 1.81. The number of fused-ring (bicyclic) bond motifs is 1. The third kappa shape index (κ3) is 3.05. The fourth-order valence-electron chi connectivity index (χ4n) is 3.63. The summed E-state index contributed by atoms with van der Waals surface area (Å²) in [5.74, 6) is 0.894. The van der Waals surface area contributed by atoms with Crippen LogP contribution in [0.1, 0.15) is 36.3 Å². The van der Waals surface area contributed by atoms with Crippen molar-refractivity contribution in [1.29, 1.82) is 0 Å². The van der Waals surface area contributed by atoms with Gasteiger partial charge in [0.1, 0.15) is 5.82 Å². The van der Waals surface area contributed by atoms with Crippen LogP contribution in [0.25, 0.3) is 0 Å². The molecule has 0 spiro atoms. The summed E-state index contributed by atoms with van der Waals surface area (Å²) in [6.07, 6.45) is 7.12. The van der Waals surface area contributed by atoms with Crippen LogP contribution < -0.4 is 15.8 Å². The lowest BCUT2D eigenvalue weighted by molar-refractivity contribution is 0.464. The zero-order chi connectivity index (χ0) is 16.5. The molecule has 1 aliphatic heterocycles.